The molecule has 34 heavy (non-hydrogen) atoms. The van der Waals surface area contributed by atoms with Gasteiger partial charge in [0, 0.05) is 13.1 Å². The molecular formula is C26H29N3O4S. The third-order valence-electron chi connectivity index (χ3n) is 7.16. The quantitative estimate of drug-likeness (QED) is 0.552. The number of amides is 1. The molecule has 2 aliphatic carbocycles. The molecule has 1 saturated carbocycles. The van der Waals surface area contributed by atoms with E-state index in [0.717, 1.165) is 39.9 Å². The highest BCUT2D eigenvalue weighted by Crippen LogP contribution is 2.43. The van der Waals surface area contributed by atoms with Gasteiger partial charge in [0.05, 0.1) is 22.1 Å². The number of fused-ring (bicyclic) bond motifs is 2. The molecular weight excluding hydrogens is 450 g/mol. The van der Waals surface area contributed by atoms with Crippen molar-refractivity contribution in [2.24, 2.45) is 5.41 Å². The second-order valence-electron chi connectivity index (χ2n) is 9.79. The van der Waals surface area contributed by atoms with Crippen molar-refractivity contribution >= 4 is 38.6 Å². The molecule has 1 N–H and O–H groups in total. The summed E-state index contributed by atoms with van der Waals surface area (Å²) in [6.45, 7) is 0. The number of benzene rings is 2. The van der Waals surface area contributed by atoms with Gasteiger partial charge in [-0.2, -0.15) is 0 Å². The summed E-state index contributed by atoms with van der Waals surface area (Å²) in [5, 5.41) is 10.2. The molecule has 2 aromatic carbocycles. The number of ether oxygens (including phenoxy) is 1. The molecule has 0 spiro atoms. The highest BCUT2D eigenvalue weighted by atomic mass is 32.1. The monoisotopic (exact) mass is 479 g/mol. The van der Waals surface area contributed by atoms with Crippen molar-refractivity contribution in [3.63, 3.8) is 0 Å². The Morgan fingerprint density at radius 2 is 1.79 bits per heavy atom. The maximum absolute atomic E-state index is 13.7. The number of carbonyl (C=O) groups excluding carboxylic acids is 1. The first kappa shape index (κ1) is 22.8. The lowest BCUT2D eigenvalue weighted by Gasteiger charge is -2.39. The van der Waals surface area contributed by atoms with Crippen molar-refractivity contribution in [3.8, 4) is 5.75 Å². The Labute approximate surface area is 203 Å². The molecule has 2 aliphatic rings. The molecule has 1 aromatic heterocycles. The van der Waals surface area contributed by atoms with Gasteiger partial charge in [0.2, 0.25) is 5.91 Å². The van der Waals surface area contributed by atoms with Crippen LogP contribution in [0.4, 0.5) is 5.13 Å². The molecule has 8 heteroatoms. The number of carboxylic acid groups (broad SMARTS) is 1. The maximum Gasteiger partial charge on any atom is 0.304 e. The number of carboxylic acids is 1. The smallest absolute Gasteiger partial charge is 0.304 e. The number of thiazole rings is 1. The molecule has 1 amide bonds. The van der Waals surface area contributed by atoms with Crippen LogP contribution in [0.15, 0.2) is 42.5 Å². The molecule has 5 rings (SSSR count). The minimum atomic E-state index is -0.996. The highest BCUT2D eigenvalue weighted by Gasteiger charge is 2.47. The topological polar surface area (TPSA) is 83.0 Å². The average Bonchev–Trinajstić information content (AvgIpc) is 3.35. The number of aliphatic carboxylic acids is 1. The van der Waals surface area contributed by atoms with Crippen molar-refractivity contribution in [3.05, 3.63) is 53.6 Å². The van der Waals surface area contributed by atoms with E-state index < -0.39 is 11.4 Å². The number of hydrogen-bond donors (Lipinski definition) is 1. The van der Waals surface area contributed by atoms with Gasteiger partial charge >= 0.3 is 5.97 Å². The number of rotatable bonds is 7. The summed E-state index contributed by atoms with van der Waals surface area (Å²) in [7, 11) is 5.88. The van der Waals surface area contributed by atoms with E-state index in [-0.39, 0.29) is 18.4 Å². The zero-order valence-electron chi connectivity index (χ0n) is 19.7. The van der Waals surface area contributed by atoms with Crippen LogP contribution in [0.3, 0.4) is 0 Å². The lowest BCUT2D eigenvalue weighted by Crippen LogP contribution is -2.46. The van der Waals surface area contributed by atoms with E-state index in [4.69, 9.17) is 4.74 Å². The van der Waals surface area contributed by atoms with Crippen LogP contribution in [0.2, 0.25) is 0 Å². The third kappa shape index (κ3) is 4.16. The first-order valence-corrected chi connectivity index (χ1v) is 12.4. The minimum Gasteiger partial charge on any atom is -0.490 e. The van der Waals surface area contributed by atoms with Crippen LogP contribution in [-0.2, 0) is 22.4 Å². The standard InChI is InChI=1S/C26H29N3O4S/c1-28(2)18-10-20(11-18)33-19-8-9-21-22(12-19)34-25(27-21)29(3)24(32)26(15-23(30)31)13-16-6-4-5-7-17(16)14-26/h4-9,12,18,20H,10-11,13-15H2,1-3H3,(H,30,31). The summed E-state index contributed by atoms with van der Waals surface area (Å²) in [5.74, 6) is -0.355. The van der Waals surface area contributed by atoms with Crippen molar-refractivity contribution in [1.82, 2.24) is 9.88 Å². The van der Waals surface area contributed by atoms with E-state index in [1.54, 1.807) is 7.05 Å². The fraction of sp³-hybridized carbons (Fsp3) is 0.423. The van der Waals surface area contributed by atoms with E-state index in [9.17, 15) is 14.7 Å². The Bertz CT molecular complexity index is 1220. The largest absolute Gasteiger partial charge is 0.490 e. The summed E-state index contributed by atoms with van der Waals surface area (Å²) in [5.41, 5.74) is 1.89. The van der Waals surface area contributed by atoms with E-state index in [1.807, 2.05) is 42.5 Å². The van der Waals surface area contributed by atoms with Crippen LogP contribution in [-0.4, -0.2) is 60.2 Å². The SMILES string of the molecule is CN(C(=O)C1(CC(=O)O)Cc2ccccc2C1)c1nc2ccc(OC3CC(N(C)C)C3)cc2s1. The van der Waals surface area contributed by atoms with Gasteiger partial charge in [-0.15, -0.1) is 0 Å². The van der Waals surface area contributed by atoms with Gasteiger partial charge in [0.15, 0.2) is 5.13 Å². The molecule has 0 unspecified atom stereocenters. The van der Waals surface area contributed by atoms with E-state index in [0.29, 0.717) is 24.0 Å². The van der Waals surface area contributed by atoms with Crippen LogP contribution in [0.5, 0.6) is 5.75 Å². The molecule has 0 atom stereocenters. The number of anilines is 1. The Balaban J connectivity index is 1.35. The van der Waals surface area contributed by atoms with Gasteiger partial charge in [-0.05, 0) is 69.1 Å². The first-order valence-electron chi connectivity index (χ1n) is 11.5. The second-order valence-corrected chi connectivity index (χ2v) is 10.8. The Morgan fingerprint density at radius 3 is 2.41 bits per heavy atom. The molecule has 178 valence electrons. The molecule has 1 heterocycles. The van der Waals surface area contributed by atoms with Gasteiger partial charge in [-0.3, -0.25) is 14.5 Å². The van der Waals surface area contributed by atoms with Crippen LogP contribution < -0.4 is 9.64 Å². The zero-order valence-corrected chi connectivity index (χ0v) is 20.5. The molecule has 0 saturated heterocycles. The molecule has 7 nitrogen and oxygen atoms in total. The van der Waals surface area contributed by atoms with Gasteiger partial charge in [-0.25, -0.2) is 4.98 Å². The Kier molecular flexibility index (Phi) is 5.81. The molecule has 0 radical (unpaired) electrons. The van der Waals surface area contributed by atoms with Crippen molar-refractivity contribution < 1.29 is 19.4 Å². The fourth-order valence-electron chi connectivity index (χ4n) is 5.14. The maximum atomic E-state index is 13.7. The van der Waals surface area contributed by atoms with E-state index >= 15 is 0 Å². The zero-order chi connectivity index (χ0) is 24.0. The average molecular weight is 480 g/mol. The molecule has 0 bridgehead atoms. The predicted molar refractivity (Wildman–Crippen MR) is 133 cm³/mol. The third-order valence-corrected chi connectivity index (χ3v) is 8.26. The van der Waals surface area contributed by atoms with Crippen LogP contribution in [0, 0.1) is 5.41 Å². The van der Waals surface area contributed by atoms with E-state index in [2.05, 4.69) is 24.0 Å². The van der Waals surface area contributed by atoms with E-state index in [1.165, 1.54) is 16.2 Å². The summed E-state index contributed by atoms with van der Waals surface area (Å²) in [4.78, 5) is 33.9. The normalized spacial score (nSPS) is 20.7. The summed E-state index contributed by atoms with van der Waals surface area (Å²) in [6.07, 6.45) is 2.91. The lowest BCUT2D eigenvalue weighted by atomic mass is 9.80. The number of hydrogen-bond acceptors (Lipinski definition) is 6. The summed E-state index contributed by atoms with van der Waals surface area (Å²) in [6, 6.07) is 14.2. The minimum absolute atomic E-state index is 0.203. The van der Waals surface area contributed by atoms with Gasteiger partial charge in [0.1, 0.15) is 11.9 Å². The van der Waals surface area contributed by atoms with Crippen LogP contribution in [0.25, 0.3) is 10.2 Å². The van der Waals surface area contributed by atoms with Crippen LogP contribution in [0.1, 0.15) is 30.4 Å². The van der Waals surface area contributed by atoms with Gasteiger partial charge in [0.25, 0.3) is 0 Å². The Morgan fingerprint density at radius 1 is 1.12 bits per heavy atom. The highest BCUT2D eigenvalue weighted by molar-refractivity contribution is 7.22. The Hall–Kier alpha value is -2.97. The number of nitrogens with zero attached hydrogens (tertiary/aromatic N) is 3. The predicted octanol–water partition coefficient (Wildman–Crippen LogP) is 3.99. The number of carbonyl (C=O) groups is 2. The fourth-order valence-corrected chi connectivity index (χ4v) is 6.09. The van der Waals surface area contributed by atoms with Gasteiger partial charge < -0.3 is 14.7 Å². The van der Waals surface area contributed by atoms with Crippen LogP contribution >= 0.6 is 11.3 Å². The first-order chi connectivity index (χ1) is 16.2. The molecule has 3 aromatic rings. The molecule has 1 fully saturated rings. The van der Waals surface area contributed by atoms with Crippen molar-refractivity contribution in [2.45, 2.75) is 44.2 Å². The summed E-state index contributed by atoms with van der Waals surface area (Å²) >= 11 is 1.42. The number of aromatic nitrogens is 1. The summed E-state index contributed by atoms with van der Waals surface area (Å²) < 4.78 is 7.08. The second kappa shape index (κ2) is 8.67. The van der Waals surface area contributed by atoms with Gasteiger partial charge in [-0.1, -0.05) is 35.6 Å². The van der Waals surface area contributed by atoms with Crippen molar-refractivity contribution in [1.29, 1.82) is 0 Å². The van der Waals surface area contributed by atoms with Crippen molar-refractivity contribution in [2.75, 3.05) is 26.0 Å². The molecule has 0 aliphatic heterocycles. The lowest BCUT2D eigenvalue weighted by molar-refractivity contribution is -0.144.